The van der Waals surface area contributed by atoms with E-state index in [-0.39, 0.29) is 12.4 Å². The molecule has 0 aliphatic heterocycles. The predicted octanol–water partition coefficient (Wildman–Crippen LogP) is 4.33. The third kappa shape index (κ3) is 10.1. The molecule has 22 heavy (non-hydrogen) atoms. The van der Waals surface area contributed by atoms with Crippen molar-refractivity contribution in [1.29, 1.82) is 0 Å². The minimum Gasteiger partial charge on any atom is -0.411 e. The maximum Gasteiger partial charge on any atom is 0.133 e. The Labute approximate surface area is 140 Å². The van der Waals surface area contributed by atoms with Gasteiger partial charge in [0.2, 0.25) is 0 Å². The maximum atomic E-state index is 10.9. The van der Waals surface area contributed by atoms with E-state index >= 15 is 0 Å². The highest BCUT2D eigenvalue weighted by Crippen LogP contribution is 2.33. The number of ketones is 1. The molecule has 0 aromatic heterocycles. The monoisotopic (exact) mass is 336 g/mol. The zero-order chi connectivity index (χ0) is 16.5. The molecule has 132 valence electrons. The maximum absolute atomic E-state index is 10.9. The fourth-order valence-corrected chi connectivity index (χ4v) is 3.06. The summed E-state index contributed by atoms with van der Waals surface area (Å²) in [6, 6.07) is 0. The molecule has 0 bridgehead atoms. The molecule has 2 aliphatic rings. The summed E-state index contributed by atoms with van der Waals surface area (Å²) in [5, 5.41) is 18.3. The SMILES string of the molecule is CC1(C)CCC/C(=N/O)C1.CC1(C)CCCC(=O)C1.Cl.NO. The number of halogens is 1. The van der Waals surface area contributed by atoms with Gasteiger partial charge in [0.1, 0.15) is 5.78 Å². The highest BCUT2D eigenvalue weighted by Gasteiger charge is 2.26. The number of hydrogen-bond donors (Lipinski definition) is 3. The Kier molecular flexibility index (Phi) is 11.8. The second-order valence-electron chi connectivity index (χ2n) is 7.59. The average Bonchev–Trinajstić information content (AvgIpc) is 2.39. The van der Waals surface area contributed by atoms with Gasteiger partial charge in [-0.15, -0.1) is 12.4 Å². The molecule has 0 aromatic rings. The van der Waals surface area contributed by atoms with E-state index in [4.69, 9.17) is 10.4 Å². The first-order valence-corrected chi connectivity index (χ1v) is 7.71. The van der Waals surface area contributed by atoms with Crippen LogP contribution in [0, 0.1) is 10.8 Å². The first-order valence-electron chi connectivity index (χ1n) is 7.71. The number of carbonyl (C=O) groups is 1. The third-order valence-electron chi connectivity index (χ3n) is 4.13. The van der Waals surface area contributed by atoms with Crippen LogP contribution in [0.3, 0.4) is 0 Å². The Morgan fingerprint density at radius 2 is 1.41 bits per heavy atom. The van der Waals surface area contributed by atoms with Crippen LogP contribution in [0.4, 0.5) is 0 Å². The largest absolute Gasteiger partial charge is 0.411 e. The fourth-order valence-electron chi connectivity index (χ4n) is 3.06. The molecule has 0 spiro atoms. The van der Waals surface area contributed by atoms with E-state index < -0.39 is 0 Å². The number of nitrogens with zero attached hydrogens (tertiary/aromatic N) is 1. The van der Waals surface area contributed by atoms with Gasteiger partial charge in [0.05, 0.1) is 5.71 Å². The zero-order valence-electron chi connectivity index (χ0n) is 14.4. The number of carbonyl (C=O) groups excluding carboxylic acids is 1. The molecular formula is C16H33ClN2O3. The smallest absolute Gasteiger partial charge is 0.133 e. The van der Waals surface area contributed by atoms with Crippen LogP contribution in [0.1, 0.15) is 79.1 Å². The van der Waals surface area contributed by atoms with Crippen molar-refractivity contribution in [2.45, 2.75) is 79.1 Å². The third-order valence-corrected chi connectivity index (χ3v) is 4.13. The molecule has 0 aromatic carbocycles. The van der Waals surface area contributed by atoms with E-state index in [9.17, 15) is 4.79 Å². The van der Waals surface area contributed by atoms with Crippen LogP contribution in [0.5, 0.6) is 0 Å². The van der Waals surface area contributed by atoms with Crippen LogP contribution < -0.4 is 5.90 Å². The van der Waals surface area contributed by atoms with Gasteiger partial charge in [0.15, 0.2) is 0 Å². The average molecular weight is 337 g/mol. The lowest BCUT2D eigenvalue weighted by atomic mass is 9.77. The van der Waals surface area contributed by atoms with Crippen LogP contribution in [0.15, 0.2) is 5.16 Å². The molecule has 0 heterocycles. The molecule has 0 radical (unpaired) electrons. The summed E-state index contributed by atoms with van der Waals surface area (Å²) in [7, 11) is 0. The lowest BCUT2D eigenvalue weighted by molar-refractivity contribution is -0.122. The van der Waals surface area contributed by atoms with E-state index in [1.807, 2.05) is 0 Å². The molecule has 2 fully saturated rings. The Morgan fingerprint density at radius 3 is 1.68 bits per heavy atom. The van der Waals surface area contributed by atoms with E-state index in [1.54, 1.807) is 0 Å². The molecular weight excluding hydrogens is 304 g/mol. The molecule has 6 heteroatoms. The van der Waals surface area contributed by atoms with E-state index in [1.165, 1.54) is 19.3 Å². The van der Waals surface area contributed by atoms with Crippen molar-refractivity contribution >= 4 is 23.9 Å². The predicted molar refractivity (Wildman–Crippen MR) is 91.9 cm³/mol. The van der Waals surface area contributed by atoms with Gasteiger partial charge in [-0.3, -0.25) is 4.79 Å². The zero-order valence-corrected chi connectivity index (χ0v) is 15.2. The molecule has 0 unspecified atom stereocenters. The van der Waals surface area contributed by atoms with Crippen molar-refractivity contribution in [2.24, 2.45) is 21.9 Å². The standard InChI is InChI=1S/C8H15NO.C8H14O.ClH.H3NO/c1-8(2)5-3-4-7(6-8)9-10;1-8(2)5-3-4-7(9)6-8;;1-2/h10H,3-6H2,1-2H3;3-6H2,1-2H3;1H;2H,1H2/b9-7-;;;. The van der Waals surface area contributed by atoms with Gasteiger partial charge in [0, 0.05) is 12.8 Å². The first kappa shape index (κ1) is 23.6. The molecule has 2 aliphatic carbocycles. The van der Waals surface area contributed by atoms with E-state index in [2.05, 4.69) is 38.7 Å². The summed E-state index contributed by atoms with van der Waals surface area (Å²) in [6.07, 6.45) is 8.32. The summed E-state index contributed by atoms with van der Waals surface area (Å²) < 4.78 is 0. The van der Waals surface area contributed by atoms with Gasteiger partial charge in [-0.1, -0.05) is 32.9 Å². The highest BCUT2D eigenvalue weighted by molar-refractivity contribution is 5.85. The summed E-state index contributed by atoms with van der Waals surface area (Å²) in [6.45, 7) is 8.78. The van der Waals surface area contributed by atoms with Crippen molar-refractivity contribution < 1.29 is 15.2 Å². The van der Waals surface area contributed by atoms with Crippen LogP contribution in [0.25, 0.3) is 0 Å². The lowest BCUT2D eigenvalue weighted by Crippen LogP contribution is -2.22. The van der Waals surface area contributed by atoms with Gasteiger partial charge in [-0.2, -0.15) is 0 Å². The van der Waals surface area contributed by atoms with Crippen molar-refractivity contribution in [1.82, 2.24) is 0 Å². The summed E-state index contributed by atoms with van der Waals surface area (Å²) in [5.74, 6) is 3.95. The van der Waals surface area contributed by atoms with Gasteiger partial charge >= 0.3 is 0 Å². The minimum absolute atomic E-state index is 0. The Bertz CT molecular complexity index is 355. The van der Waals surface area contributed by atoms with Gasteiger partial charge in [-0.05, 0) is 49.4 Å². The van der Waals surface area contributed by atoms with Gasteiger partial charge in [0.25, 0.3) is 0 Å². The van der Waals surface area contributed by atoms with Crippen LogP contribution in [0.2, 0.25) is 0 Å². The Balaban J connectivity index is 0. The van der Waals surface area contributed by atoms with Crippen molar-refractivity contribution in [3.63, 3.8) is 0 Å². The summed E-state index contributed by atoms with van der Waals surface area (Å²) in [5.41, 5.74) is 1.63. The first-order chi connectivity index (χ1) is 9.74. The molecule has 2 rings (SSSR count). The summed E-state index contributed by atoms with van der Waals surface area (Å²) in [4.78, 5) is 10.9. The normalized spacial score (nSPS) is 24.1. The number of rotatable bonds is 0. The topological polar surface area (TPSA) is 95.9 Å². The van der Waals surface area contributed by atoms with Crippen molar-refractivity contribution in [2.75, 3.05) is 0 Å². The Morgan fingerprint density at radius 1 is 0.955 bits per heavy atom. The van der Waals surface area contributed by atoms with Gasteiger partial charge in [-0.25, -0.2) is 5.90 Å². The van der Waals surface area contributed by atoms with Crippen LogP contribution in [-0.4, -0.2) is 21.9 Å². The number of oxime groups is 1. The Hall–Kier alpha value is -0.650. The molecule has 2 saturated carbocycles. The van der Waals surface area contributed by atoms with Crippen LogP contribution in [-0.2, 0) is 4.79 Å². The second kappa shape index (κ2) is 11.0. The quantitative estimate of drug-likeness (QED) is 0.453. The van der Waals surface area contributed by atoms with E-state index in [0.717, 1.165) is 37.8 Å². The number of hydrogen-bond acceptors (Lipinski definition) is 5. The fraction of sp³-hybridized carbons (Fsp3) is 0.875. The molecule has 4 N–H and O–H groups in total. The van der Waals surface area contributed by atoms with Gasteiger partial charge < -0.3 is 10.4 Å². The van der Waals surface area contributed by atoms with Crippen LogP contribution >= 0.6 is 12.4 Å². The van der Waals surface area contributed by atoms with Crippen molar-refractivity contribution in [3.8, 4) is 0 Å². The second-order valence-corrected chi connectivity index (χ2v) is 7.59. The van der Waals surface area contributed by atoms with E-state index in [0.29, 0.717) is 16.6 Å². The summed E-state index contributed by atoms with van der Waals surface area (Å²) >= 11 is 0. The molecule has 0 amide bonds. The molecule has 5 nitrogen and oxygen atoms in total. The number of Topliss-reactive ketones (excluding diaryl/α,β-unsaturated/α-hetero) is 1. The number of nitrogens with two attached hydrogens (primary N) is 1. The van der Waals surface area contributed by atoms with Crippen molar-refractivity contribution in [3.05, 3.63) is 0 Å². The highest BCUT2D eigenvalue weighted by atomic mass is 35.5. The molecule has 0 saturated heterocycles. The minimum atomic E-state index is 0. The molecule has 0 atom stereocenters. The lowest BCUT2D eigenvalue weighted by Gasteiger charge is -2.29.